The van der Waals surface area contributed by atoms with Crippen LogP contribution in [0.25, 0.3) is 6.08 Å². The first-order valence-corrected chi connectivity index (χ1v) is 4.23. The summed E-state index contributed by atoms with van der Waals surface area (Å²) >= 11 is 5.75. The molecule has 0 spiro atoms. The van der Waals surface area contributed by atoms with E-state index in [1.165, 1.54) is 4.68 Å². The molecule has 0 saturated carbocycles. The fourth-order valence-corrected chi connectivity index (χ4v) is 1.41. The quantitative estimate of drug-likeness (QED) is 0.462. The maximum atomic E-state index is 10.8. The summed E-state index contributed by atoms with van der Waals surface area (Å²) in [4.78, 5) is 14.7. The van der Waals surface area contributed by atoms with Crippen molar-refractivity contribution in [2.75, 3.05) is 11.2 Å². The van der Waals surface area contributed by atoms with Crippen LogP contribution in [0.3, 0.4) is 0 Å². The lowest BCUT2D eigenvalue weighted by atomic mass is 10.4. The number of imidazole rings is 1. The summed E-state index contributed by atoms with van der Waals surface area (Å²) in [7, 11) is 0. The SMILES string of the molecule is Nc1nc2n(c1C(=O)O)NC(Cl)C=C2. The van der Waals surface area contributed by atoms with E-state index in [4.69, 9.17) is 22.4 Å². The number of carboxylic acids is 1. The first kappa shape index (κ1) is 8.89. The summed E-state index contributed by atoms with van der Waals surface area (Å²) < 4.78 is 1.26. The van der Waals surface area contributed by atoms with Gasteiger partial charge in [-0.15, -0.1) is 0 Å². The number of alkyl halides is 1. The summed E-state index contributed by atoms with van der Waals surface area (Å²) in [5.41, 5.74) is 7.57. The van der Waals surface area contributed by atoms with Crippen molar-refractivity contribution in [3.05, 3.63) is 17.6 Å². The molecule has 14 heavy (non-hydrogen) atoms. The van der Waals surface area contributed by atoms with Gasteiger partial charge in [0.25, 0.3) is 0 Å². The molecule has 2 heterocycles. The minimum absolute atomic E-state index is 0.0320. The molecule has 0 aromatic carbocycles. The summed E-state index contributed by atoms with van der Waals surface area (Å²) in [5.74, 6) is -0.750. The van der Waals surface area contributed by atoms with Gasteiger partial charge in [-0.2, -0.15) is 0 Å². The number of nitrogens with two attached hydrogens (primary N) is 1. The lowest BCUT2D eigenvalue weighted by Crippen LogP contribution is -2.28. The second-order valence-electron chi connectivity index (χ2n) is 2.73. The zero-order valence-electron chi connectivity index (χ0n) is 6.94. The van der Waals surface area contributed by atoms with E-state index in [1.807, 2.05) is 0 Å². The van der Waals surface area contributed by atoms with Gasteiger partial charge in [0, 0.05) is 0 Å². The van der Waals surface area contributed by atoms with Gasteiger partial charge >= 0.3 is 5.97 Å². The van der Waals surface area contributed by atoms with Gasteiger partial charge in [0.05, 0.1) is 0 Å². The monoisotopic (exact) mass is 214 g/mol. The molecule has 2 rings (SSSR count). The van der Waals surface area contributed by atoms with Crippen LogP contribution in [-0.4, -0.2) is 26.2 Å². The van der Waals surface area contributed by atoms with E-state index >= 15 is 0 Å². The maximum absolute atomic E-state index is 10.8. The number of aromatic nitrogens is 2. The van der Waals surface area contributed by atoms with Crippen LogP contribution in [-0.2, 0) is 0 Å². The number of anilines is 1. The Morgan fingerprint density at radius 1 is 1.79 bits per heavy atom. The Morgan fingerprint density at radius 2 is 2.50 bits per heavy atom. The summed E-state index contributed by atoms with van der Waals surface area (Å²) in [5, 5.41) is 8.85. The average molecular weight is 215 g/mol. The smallest absolute Gasteiger partial charge is 0.358 e. The third-order valence-corrected chi connectivity index (χ3v) is 2.04. The number of rotatable bonds is 1. The lowest BCUT2D eigenvalue weighted by Gasteiger charge is -2.17. The molecule has 4 N–H and O–H groups in total. The van der Waals surface area contributed by atoms with E-state index < -0.39 is 11.5 Å². The highest BCUT2D eigenvalue weighted by atomic mass is 35.5. The number of nitrogens with zero attached hydrogens (tertiary/aromatic N) is 2. The highest BCUT2D eigenvalue weighted by Crippen LogP contribution is 2.18. The molecule has 0 fully saturated rings. The molecule has 74 valence electrons. The number of hydrogen-bond acceptors (Lipinski definition) is 4. The van der Waals surface area contributed by atoms with Gasteiger partial charge < -0.3 is 16.3 Å². The number of halogens is 1. The second kappa shape index (κ2) is 2.91. The number of carbonyl (C=O) groups is 1. The first-order chi connectivity index (χ1) is 6.59. The van der Waals surface area contributed by atoms with Gasteiger partial charge in [-0.25, -0.2) is 14.5 Å². The summed E-state index contributed by atoms with van der Waals surface area (Å²) in [6.07, 6.45) is 3.26. The molecule has 6 nitrogen and oxygen atoms in total. The molecule has 1 aliphatic heterocycles. The Morgan fingerprint density at radius 3 is 3.14 bits per heavy atom. The highest BCUT2D eigenvalue weighted by Gasteiger charge is 2.22. The zero-order valence-corrected chi connectivity index (χ0v) is 7.69. The van der Waals surface area contributed by atoms with Crippen LogP contribution in [0.4, 0.5) is 5.82 Å². The van der Waals surface area contributed by atoms with E-state index in [9.17, 15) is 4.79 Å². The van der Waals surface area contributed by atoms with E-state index in [1.54, 1.807) is 12.2 Å². The molecule has 0 amide bonds. The Hall–Kier alpha value is -1.69. The number of carboxylic acid groups (broad SMARTS) is 1. The van der Waals surface area contributed by atoms with Crippen molar-refractivity contribution in [3.8, 4) is 0 Å². The Balaban J connectivity index is 2.58. The third kappa shape index (κ3) is 1.20. The molecule has 7 heteroatoms. The Labute approximate surface area is 84.0 Å². The Kier molecular flexibility index (Phi) is 1.85. The van der Waals surface area contributed by atoms with Gasteiger partial charge in [0.2, 0.25) is 0 Å². The van der Waals surface area contributed by atoms with Crippen molar-refractivity contribution in [2.24, 2.45) is 0 Å². The molecular weight excluding hydrogens is 208 g/mol. The minimum Gasteiger partial charge on any atom is -0.476 e. The van der Waals surface area contributed by atoms with E-state index in [0.717, 1.165) is 0 Å². The van der Waals surface area contributed by atoms with Crippen LogP contribution in [0.15, 0.2) is 6.08 Å². The van der Waals surface area contributed by atoms with E-state index in [-0.39, 0.29) is 11.5 Å². The molecule has 1 atom stereocenters. The van der Waals surface area contributed by atoms with Crippen LogP contribution >= 0.6 is 11.6 Å². The van der Waals surface area contributed by atoms with E-state index in [0.29, 0.717) is 5.82 Å². The topological polar surface area (TPSA) is 93.2 Å². The first-order valence-electron chi connectivity index (χ1n) is 3.80. The van der Waals surface area contributed by atoms with Crippen molar-refractivity contribution >= 4 is 29.5 Å². The standard InChI is InChI=1S/C7H7ClN4O2/c8-3-1-2-4-10-6(9)5(7(13)14)12(4)11-3/h1-3,11H,9H2,(H,13,14). The van der Waals surface area contributed by atoms with E-state index in [2.05, 4.69) is 10.4 Å². The zero-order chi connectivity index (χ0) is 10.3. The van der Waals surface area contributed by atoms with Crippen LogP contribution < -0.4 is 11.2 Å². The minimum atomic E-state index is -1.15. The highest BCUT2D eigenvalue weighted by molar-refractivity contribution is 6.22. The molecule has 0 bridgehead atoms. The number of aromatic carboxylic acids is 1. The molecule has 0 radical (unpaired) electrons. The fraction of sp³-hybridized carbons (Fsp3) is 0.143. The predicted octanol–water partition coefficient (Wildman–Crippen LogP) is 0.299. The normalized spacial score (nSPS) is 18.8. The van der Waals surface area contributed by atoms with Crippen LogP contribution in [0.1, 0.15) is 16.3 Å². The van der Waals surface area contributed by atoms with Crippen molar-refractivity contribution in [3.63, 3.8) is 0 Å². The largest absolute Gasteiger partial charge is 0.476 e. The van der Waals surface area contributed by atoms with Gasteiger partial charge in [0.15, 0.2) is 17.3 Å². The van der Waals surface area contributed by atoms with Gasteiger partial charge in [-0.05, 0) is 12.2 Å². The number of hydrogen-bond donors (Lipinski definition) is 3. The molecule has 1 aliphatic rings. The predicted molar refractivity (Wildman–Crippen MR) is 51.6 cm³/mol. The second-order valence-corrected chi connectivity index (χ2v) is 3.20. The molecule has 0 saturated heterocycles. The van der Waals surface area contributed by atoms with Crippen molar-refractivity contribution in [1.29, 1.82) is 0 Å². The summed E-state index contributed by atoms with van der Waals surface area (Å²) in [6, 6.07) is 0. The van der Waals surface area contributed by atoms with Crippen molar-refractivity contribution < 1.29 is 9.90 Å². The Bertz CT molecular complexity index is 426. The lowest BCUT2D eigenvalue weighted by molar-refractivity contribution is 0.0688. The third-order valence-electron chi connectivity index (χ3n) is 1.80. The molecule has 1 unspecified atom stereocenters. The van der Waals surface area contributed by atoms with Gasteiger partial charge in [0.1, 0.15) is 5.50 Å². The molecule has 1 aromatic heterocycles. The number of nitrogens with one attached hydrogen (secondary N) is 1. The number of fused-ring (bicyclic) bond motifs is 1. The molecule has 0 aliphatic carbocycles. The average Bonchev–Trinajstić information content (AvgIpc) is 2.40. The number of nitrogen functional groups attached to an aromatic ring is 1. The van der Waals surface area contributed by atoms with Crippen LogP contribution in [0.5, 0.6) is 0 Å². The summed E-state index contributed by atoms with van der Waals surface area (Å²) in [6.45, 7) is 0. The van der Waals surface area contributed by atoms with Crippen molar-refractivity contribution in [2.45, 2.75) is 5.50 Å². The van der Waals surface area contributed by atoms with Crippen LogP contribution in [0, 0.1) is 0 Å². The van der Waals surface area contributed by atoms with Gasteiger partial charge in [-0.1, -0.05) is 11.6 Å². The van der Waals surface area contributed by atoms with Crippen molar-refractivity contribution in [1.82, 2.24) is 9.66 Å². The molecular formula is C7H7ClN4O2. The van der Waals surface area contributed by atoms with Crippen LogP contribution in [0.2, 0.25) is 0 Å². The van der Waals surface area contributed by atoms with Gasteiger partial charge in [-0.3, -0.25) is 0 Å². The fourth-order valence-electron chi connectivity index (χ4n) is 1.24. The maximum Gasteiger partial charge on any atom is 0.358 e. The molecule has 1 aromatic rings.